The molecule has 4 aromatic rings. The van der Waals surface area contributed by atoms with Crippen LogP contribution in [0.2, 0.25) is 10.0 Å². The molecule has 0 bridgehead atoms. The van der Waals surface area contributed by atoms with Crippen LogP contribution in [0.5, 0.6) is 0 Å². The van der Waals surface area contributed by atoms with Crippen LogP contribution < -0.4 is 5.32 Å². The largest absolute Gasteiger partial charge is 0.376 e. The molecule has 0 unspecified atom stereocenters. The maximum atomic E-state index is 12.9. The highest BCUT2D eigenvalue weighted by Gasteiger charge is 2.19. The first kappa shape index (κ1) is 21.0. The van der Waals surface area contributed by atoms with Crippen molar-refractivity contribution in [2.75, 3.05) is 11.9 Å². The highest BCUT2D eigenvalue weighted by Crippen LogP contribution is 2.34. The Kier molecular flexibility index (Phi) is 5.87. The summed E-state index contributed by atoms with van der Waals surface area (Å²) < 4.78 is 9.30. The zero-order valence-electron chi connectivity index (χ0n) is 17.2. The van der Waals surface area contributed by atoms with Gasteiger partial charge >= 0.3 is 0 Å². The van der Waals surface area contributed by atoms with Gasteiger partial charge in [-0.1, -0.05) is 41.4 Å². The van der Waals surface area contributed by atoms with Gasteiger partial charge in [0, 0.05) is 18.4 Å². The Morgan fingerprint density at radius 2 is 2.06 bits per heavy atom. The Bertz CT molecular complexity index is 1280. The summed E-state index contributed by atoms with van der Waals surface area (Å²) >= 11 is 12.7. The van der Waals surface area contributed by atoms with Gasteiger partial charge in [0.25, 0.3) is 0 Å². The van der Waals surface area contributed by atoms with Gasteiger partial charge in [-0.15, -0.1) is 0 Å². The fourth-order valence-electron chi connectivity index (χ4n) is 3.99. The number of carbonyl (C=O) groups excluding carboxylic acids is 1. The third-order valence-corrected chi connectivity index (χ3v) is 6.30. The zero-order valence-corrected chi connectivity index (χ0v) is 18.7. The molecule has 9 heteroatoms. The molecule has 0 saturated carbocycles. The number of ether oxygens (including phenoxy) is 1. The molecular weight excluding hydrogens is 449 g/mol. The van der Waals surface area contributed by atoms with E-state index in [2.05, 4.69) is 10.4 Å². The van der Waals surface area contributed by atoms with E-state index in [0.717, 1.165) is 30.5 Å². The number of anilines is 1. The van der Waals surface area contributed by atoms with Gasteiger partial charge in [0.2, 0.25) is 5.91 Å². The minimum Gasteiger partial charge on any atom is -0.376 e. The van der Waals surface area contributed by atoms with Crippen molar-refractivity contribution < 1.29 is 9.53 Å². The van der Waals surface area contributed by atoms with Crippen molar-refractivity contribution in [3.8, 4) is 11.4 Å². The van der Waals surface area contributed by atoms with Crippen LogP contribution in [-0.2, 0) is 22.6 Å². The van der Waals surface area contributed by atoms with E-state index < -0.39 is 0 Å². The average molecular weight is 470 g/mol. The predicted octanol–water partition coefficient (Wildman–Crippen LogP) is 5.02. The van der Waals surface area contributed by atoms with Gasteiger partial charge in [0.15, 0.2) is 0 Å². The quantitative estimate of drug-likeness (QED) is 0.429. The van der Waals surface area contributed by atoms with Gasteiger partial charge < -0.3 is 14.6 Å². The smallest absolute Gasteiger partial charge is 0.244 e. The molecule has 32 heavy (non-hydrogen) atoms. The Hall–Kier alpha value is -2.87. The van der Waals surface area contributed by atoms with Crippen molar-refractivity contribution >= 4 is 45.8 Å². The fourth-order valence-corrected chi connectivity index (χ4v) is 4.37. The topological polar surface area (TPSA) is 74.0 Å². The lowest BCUT2D eigenvalue weighted by Crippen LogP contribution is -2.19. The van der Waals surface area contributed by atoms with E-state index in [1.165, 1.54) is 0 Å². The first-order valence-corrected chi connectivity index (χ1v) is 11.2. The molecule has 1 aliphatic heterocycles. The Morgan fingerprint density at radius 3 is 2.91 bits per heavy atom. The number of benzene rings is 2. The molecule has 0 spiro atoms. The summed E-state index contributed by atoms with van der Waals surface area (Å²) in [4.78, 5) is 17.6. The molecule has 1 atom stereocenters. The second-order valence-electron chi connectivity index (χ2n) is 7.75. The van der Waals surface area contributed by atoms with Crippen LogP contribution in [0.3, 0.4) is 0 Å². The second kappa shape index (κ2) is 8.94. The third kappa shape index (κ3) is 4.24. The highest BCUT2D eigenvalue weighted by atomic mass is 35.5. The Labute approximate surface area is 194 Å². The molecule has 1 saturated heterocycles. The van der Waals surface area contributed by atoms with Crippen LogP contribution in [-0.4, -0.2) is 37.9 Å². The number of nitrogens with one attached hydrogen (secondary N) is 1. The number of hydrogen-bond donors (Lipinski definition) is 1. The average Bonchev–Trinajstić information content (AvgIpc) is 3.52. The number of halogens is 2. The van der Waals surface area contributed by atoms with Gasteiger partial charge in [-0.2, -0.15) is 5.10 Å². The van der Waals surface area contributed by atoms with Crippen LogP contribution in [0.25, 0.3) is 22.4 Å². The number of imidazole rings is 1. The monoisotopic (exact) mass is 469 g/mol. The molecule has 1 amide bonds. The van der Waals surface area contributed by atoms with Crippen molar-refractivity contribution in [2.24, 2.45) is 0 Å². The summed E-state index contributed by atoms with van der Waals surface area (Å²) in [6.07, 6.45) is 5.76. The van der Waals surface area contributed by atoms with Crippen LogP contribution in [0.1, 0.15) is 12.8 Å². The summed E-state index contributed by atoms with van der Waals surface area (Å²) in [6, 6.07) is 13.0. The van der Waals surface area contributed by atoms with E-state index >= 15 is 0 Å². The first-order chi connectivity index (χ1) is 15.6. The number of nitrogens with zero attached hydrogens (tertiary/aromatic N) is 4. The molecule has 7 nitrogen and oxygen atoms in total. The van der Waals surface area contributed by atoms with Crippen molar-refractivity contribution in [3.63, 3.8) is 0 Å². The number of fused-ring (bicyclic) bond motifs is 1. The molecule has 2 aromatic carbocycles. The van der Waals surface area contributed by atoms with E-state index in [1.807, 2.05) is 47.2 Å². The van der Waals surface area contributed by atoms with Crippen molar-refractivity contribution in [2.45, 2.75) is 32.0 Å². The van der Waals surface area contributed by atoms with E-state index in [-0.39, 0.29) is 18.6 Å². The van der Waals surface area contributed by atoms with Gasteiger partial charge in [-0.25, -0.2) is 4.98 Å². The first-order valence-electron chi connectivity index (χ1n) is 10.4. The number of rotatable bonds is 6. The highest BCUT2D eigenvalue weighted by molar-refractivity contribution is 6.43. The Balaban J connectivity index is 1.39. The SMILES string of the molecule is O=C(Cn1c(-c2cccc(Cl)c2Cl)nc2ccccc21)Nc1cnn(C[C@H]2CCCO2)c1. The lowest BCUT2D eigenvalue weighted by Gasteiger charge is -2.11. The summed E-state index contributed by atoms with van der Waals surface area (Å²) in [5, 5.41) is 8.10. The number of amides is 1. The Morgan fingerprint density at radius 1 is 1.19 bits per heavy atom. The maximum absolute atomic E-state index is 12.9. The van der Waals surface area contributed by atoms with Gasteiger partial charge in [0.1, 0.15) is 12.4 Å². The molecule has 1 aliphatic rings. The van der Waals surface area contributed by atoms with Gasteiger partial charge in [0.05, 0.1) is 45.6 Å². The van der Waals surface area contributed by atoms with Gasteiger partial charge in [-0.3, -0.25) is 9.48 Å². The maximum Gasteiger partial charge on any atom is 0.244 e. The number of para-hydroxylation sites is 2. The van der Waals surface area contributed by atoms with E-state index in [4.69, 9.17) is 32.9 Å². The minimum absolute atomic E-state index is 0.0651. The molecule has 0 radical (unpaired) electrons. The van der Waals surface area contributed by atoms with Crippen molar-refractivity contribution in [1.29, 1.82) is 0 Å². The number of hydrogen-bond acceptors (Lipinski definition) is 4. The van der Waals surface area contributed by atoms with Crippen molar-refractivity contribution in [1.82, 2.24) is 19.3 Å². The second-order valence-corrected chi connectivity index (χ2v) is 8.53. The molecule has 1 N–H and O–H groups in total. The normalized spacial score (nSPS) is 16.0. The molecule has 5 rings (SSSR count). The lowest BCUT2D eigenvalue weighted by atomic mass is 10.2. The summed E-state index contributed by atoms with van der Waals surface area (Å²) in [7, 11) is 0. The molecular formula is C23H21Cl2N5O2. The summed E-state index contributed by atoms with van der Waals surface area (Å²) in [5.41, 5.74) is 2.92. The zero-order chi connectivity index (χ0) is 22.1. The predicted molar refractivity (Wildman–Crippen MR) is 125 cm³/mol. The lowest BCUT2D eigenvalue weighted by molar-refractivity contribution is -0.116. The summed E-state index contributed by atoms with van der Waals surface area (Å²) in [5.74, 6) is 0.396. The molecule has 3 heterocycles. The van der Waals surface area contributed by atoms with Crippen molar-refractivity contribution in [3.05, 3.63) is 64.9 Å². The van der Waals surface area contributed by atoms with Crippen LogP contribution in [0.4, 0.5) is 5.69 Å². The minimum atomic E-state index is -0.191. The molecule has 164 valence electrons. The number of aromatic nitrogens is 4. The molecule has 1 fully saturated rings. The van der Waals surface area contributed by atoms with Crippen LogP contribution in [0, 0.1) is 0 Å². The van der Waals surface area contributed by atoms with Crippen LogP contribution in [0.15, 0.2) is 54.9 Å². The van der Waals surface area contributed by atoms with E-state index in [0.29, 0.717) is 33.7 Å². The van der Waals surface area contributed by atoms with E-state index in [9.17, 15) is 4.79 Å². The third-order valence-electron chi connectivity index (χ3n) is 5.48. The van der Waals surface area contributed by atoms with Crippen LogP contribution >= 0.6 is 23.2 Å². The fraction of sp³-hybridized carbons (Fsp3) is 0.261. The summed E-state index contributed by atoms with van der Waals surface area (Å²) in [6.45, 7) is 1.54. The van der Waals surface area contributed by atoms with E-state index in [1.54, 1.807) is 16.9 Å². The molecule has 2 aromatic heterocycles. The standard InChI is InChI=1S/C23H21Cl2N5O2/c24-18-7-3-6-17(22(18)25)23-28-19-8-1-2-9-20(19)30(23)14-21(31)27-15-11-26-29(12-15)13-16-5-4-10-32-16/h1-3,6-9,11-12,16H,4-5,10,13-14H2,(H,27,31)/t16-/m1/s1. The number of carbonyl (C=O) groups is 1. The van der Waals surface area contributed by atoms with Gasteiger partial charge in [-0.05, 0) is 37.1 Å². The molecule has 0 aliphatic carbocycles.